The summed E-state index contributed by atoms with van der Waals surface area (Å²) in [4.78, 5) is 0. The van der Waals surface area contributed by atoms with Crippen molar-refractivity contribution >= 4 is 19.0 Å². The molecule has 0 N–H and O–H groups in total. The van der Waals surface area contributed by atoms with Gasteiger partial charge in [0.2, 0.25) is 0 Å². The minimum Gasteiger partial charge on any atom is -0.350 e. The first-order chi connectivity index (χ1) is 14.2. The van der Waals surface area contributed by atoms with Gasteiger partial charge in [-0.1, -0.05) is 49.9 Å². The lowest BCUT2D eigenvalue weighted by molar-refractivity contribution is -0.184. The van der Waals surface area contributed by atoms with Crippen LogP contribution in [0, 0.1) is 0 Å². The molecule has 0 atom stereocenters. The van der Waals surface area contributed by atoms with Gasteiger partial charge in [0.15, 0.2) is 12.6 Å². The summed E-state index contributed by atoms with van der Waals surface area (Å²) in [6.07, 6.45) is 8.08. The third kappa shape index (κ3) is 21.5. The standard InChI is InChI=1S/C24H50O4Si2/c1-19(2)25-23(26-20(3)4)13-11-17-29-15-9-10-16-30-18-12-14-24(27-21(5)6)28-22(7)8/h19-24H,9-18H2,1-8H3. The van der Waals surface area contributed by atoms with E-state index in [-0.39, 0.29) is 37.0 Å². The van der Waals surface area contributed by atoms with Crippen LogP contribution < -0.4 is 0 Å². The van der Waals surface area contributed by atoms with E-state index in [0.717, 1.165) is 31.9 Å². The van der Waals surface area contributed by atoms with Gasteiger partial charge >= 0.3 is 0 Å². The van der Waals surface area contributed by atoms with Crippen molar-refractivity contribution in [3.05, 3.63) is 0 Å². The second-order valence-corrected chi connectivity index (χ2v) is 12.1. The Bertz CT molecular complexity index is 311. The summed E-state index contributed by atoms with van der Waals surface area (Å²) < 4.78 is 23.5. The Morgan fingerprint density at radius 3 is 0.967 bits per heavy atom. The molecule has 178 valence electrons. The first-order valence-electron chi connectivity index (χ1n) is 12.2. The molecule has 4 nitrogen and oxygen atoms in total. The van der Waals surface area contributed by atoms with Crippen molar-refractivity contribution < 1.29 is 18.9 Å². The zero-order valence-electron chi connectivity index (χ0n) is 21.2. The molecule has 0 aliphatic heterocycles. The molecule has 0 unspecified atom stereocenters. The molecule has 0 saturated carbocycles. The molecule has 0 rings (SSSR count). The van der Waals surface area contributed by atoms with Gasteiger partial charge in [-0.2, -0.15) is 0 Å². The van der Waals surface area contributed by atoms with Crippen molar-refractivity contribution in [2.24, 2.45) is 0 Å². The van der Waals surface area contributed by atoms with E-state index in [1.165, 1.54) is 49.9 Å². The molecular formula is C24H50O4Si2. The summed E-state index contributed by atoms with van der Waals surface area (Å²) in [6, 6.07) is 5.40. The van der Waals surface area contributed by atoms with E-state index in [1.54, 1.807) is 0 Å². The quantitative estimate of drug-likeness (QED) is 0.108. The molecule has 0 amide bonds. The molecule has 0 bridgehead atoms. The fourth-order valence-electron chi connectivity index (χ4n) is 3.09. The van der Waals surface area contributed by atoms with Crippen LogP contribution in [0.2, 0.25) is 24.2 Å². The number of hydrogen-bond donors (Lipinski definition) is 0. The fraction of sp³-hybridized carbons (Fsp3) is 1.00. The van der Waals surface area contributed by atoms with E-state index >= 15 is 0 Å². The molecule has 0 aromatic rings. The van der Waals surface area contributed by atoms with Crippen LogP contribution in [0.4, 0.5) is 0 Å². The SMILES string of the molecule is CC(C)OC(CCC[Si]CCCC[Si]CCCC(OC(C)C)OC(C)C)OC(C)C. The summed E-state index contributed by atoms with van der Waals surface area (Å²) in [5, 5.41) is 0. The Morgan fingerprint density at radius 1 is 0.433 bits per heavy atom. The number of rotatable bonds is 21. The molecular weight excluding hydrogens is 408 g/mol. The zero-order chi connectivity index (χ0) is 22.8. The van der Waals surface area contributed by atoms with Crippen LogP contribution in [-0.4, -0.2) is 56.0 Å². The van der Waals surface area contributed by atoms with Crippen molar-refractivity contribution in [1.82, 2.24) is 0 Å². The van der Waals surface area contributed by atoms with Gasteiger partial charge in [0.1, 0.15) is 0 Å². The molecule has 6 heteroatoms. The number of hydrogen-bond acceptors (Lipinski definition) is 4. The minimum atomic E-state index is -0.0347. The molecule has 0 aromatic heterocycles. The van der Waals surface area contributed by atoms with Crippen molar-refractivity contribution in [3.63, 3.8) is 0 Å². The number of ether oxygens (including phenoxy) is 4. The maximum Gasteiger partial charge on any atom is 0.158 e. The lowest BCUT2D eigenvalue weighted by atomic mass is 10.3. The minimum absolute atomic E-state index is 0.0347. The maximum atomic E-state index is 5.87. The van der Waals surface area contributed by atoms with E-state index in [9.17, 15) is 0 Å². The van der Waals surface area contributed by atoms with Crippen molar-refractivity contribution in [2.75, 3.05) is 0 Å². The van der Waals surface area contributed by atoms with Crippen LogP contribution in [0.25, 0.3) is 0 Å². The van der Waals surface area contributed by atoms with Gasteiger partial charge in [0, 0.05) is 19.0 Å². The van der Waals surface area contributed by atoms with Crippen LogP contribution in [-0.2, 0) is 18.9 Å². The Hall–Kier alpha value is 0.274. The van der Waals surface area contributed by atoms with E-state index in [2.05, 4.69) is 55.4 Å². The predicted molar refractivity (Wildman–Crippen MR) is 131 cm³/mol. The molecule has 0 heterocycles. The van der Waals surface area contributed by atoms with Gasteiger partial charge in [-0.15, -0.1) is 0 Å². The number of unbranched alkanes of at least 4 members (excludes halogenated alkanes) is 1. The Kier molecular flexibility index (Phi) is 20.1. The lowest BCUT2D eigenvalue weighted by Gasteiger charge is -2.23. The monoisotopic (exact) mass is 458 g/mol. The highest BCUT2D eigenvalue weighted by molar-refractivity contribution is 6.36. The third-order valence-electron chi connectivity index (χ3n) is 4.24. The molecule has 4 radical (unpaired) electrons. The smallest absolute Gasteiger partial charge is 0.158 e. The van der Waals surface area contributed by atoms with Crippen molar-refractivity contribution in [1.29, 1.82) is 0 Å². The molecule has 0 saturated heterocycles. The maximum absolute atomic E-state index is 5.87. The lowest BCUT2D eigenvalue weighted by Crippen LogP contribution is -2.24. The van der Waals surface area contributed by atoms with Gasteiger partial charge < -0.3 is 18.9 Å². The summed E-state index contributed by atoms with van der Waals surface area (Å²) in [5.74, 6) is 0. The van der Waals surface area contributed by atoms with Gasteiger partial charge in [-0.05, 0) is 68.2 Å². The van der Waals surface area contributed by atoms with E-state index < -0.39 is 0 Å². The fourth-order valence-corrected chi connectivity index (χ4v) is 5.50. The van der Waals surface area contributed by atoms with Crippen LogP contribution in [0.1, 0.15) is 93.9 Å². The van der Waals surface area contributed by atoms with E-state index in [4.69, 9.17) is 18.9 Å². The van der Waals surface area contributed by atoms with Crippen molar-refractivity contribution in [3.8, 4) is 0 Å². The normalized spacial score (nSPS) is 12.6. The average Bonchev–Trinajstić information content (AvgIpc) is 2.60. The van der Waals surface area contributed by atoms with Crippen molar-refractivity contribution in [2.45, 2.75) is 155 Å². The largest absolute Gasteiger partial charge is 0.350 e. The van der Waals surface area contributed by atoms with Gasteiger partial charge in [0.05, 0.1) is 24.4 Å². The zero-order valence-corrected chi connectivity index (χ0v) is 23.2. The third-order valence-corrected chi connectivity index (χ3v) is 7.07. The summed E-state index contributed by atoms with van der Waals surface area (Å²) >= 11 is 0. The second kappa shape index (κ2) is 19.9. The molecule has 30 heavy (non-hydrogen) atoms. The van der Waals surface area contributed by atoms with Crippen LogP contribution in [0.5, 0.6) is 0 Å². The first-order valence-corrected chi connectivity index (χ1v) is 15.1. The Labute approximate surface area is 193 Å². The van der Waals surface area contributed by atoms with E-state index in [1.807, 2.05) is 0 Å². The summed E-state index contributed by atoms with van der Waals surface area (Å²) in [6.45, 7) is 16.6. The first kappa shape index (κ1) is 30.3. The van der Waals surface area contributed by atoms with Crippen LogP contribution >= 0.6 is 0 Å². The highest BCUT2D eigenvalue weighted by atomic mass is 28.2. The van der Waals surface area contributed by atoms with Crippen LogP contribution in [0.3, 0.4) is 0 Å². The van der Waals surface area contributed by atoms with Gasteiger partial charge in [-0.3, -0.25) is 0 Å². The second-order valence-electron chi connectivity index (χ2n) is 9.09. The summed E-state index contributed by atoms with van der Waals surface area (Å²) in [5.41, 5.74) is 0. The predicted octanol–water partition coefficient (Wildman–Crippen LogP) is 6.76. The molecule has 0 aliphatic rings. The molecule has 0 fully saturated rings. The highest BCUT2D eigenvalue weighted by Gasteiger charge is 2.14. The average molecular weight is 459 g/mol. The Morgan fingerprint density at radius 2 is 0.700 bits per heavy atom. The highest BCUT2D eigenvalue weighted by Crippen LogP contribution is 2.14. The van der Waals surface area contributed by atoms with Gasteiger partial charge in [0.25, 0.3) is 0 Å². The van der Waals surface area contributed by atoms with Gasteiger partial charge in [-0.25, -0.2) is 0 Å². The molecule has 0 spiro atoms. The molecule has 0 aromatic carbocycles. The van der Waals surface area contributed by atoms with E-state index in [0.29, 0.717) is 0 Å². The Balaban J connectivity index is 3.58. The summed E-state index contributed by atoms with van der Waals surface area (Å²) in [7, 11) is 2.17. The van der Waals surface area contributed by atoms with Crippen LogP contribution in [0.15, 0.2) is 0 Å². The topological polar surface area (TPSA) is 36.9 Å². The molecule has 0 aliphatic carbocycles.